The molecule has 266 valence electrons. The summed E-state index contributed by atoms with van der Waals surface area (Å²) in [6.07, 6.45) is 0.518. The second kappa shape index (κ2) is 15.1. The number of hydrogen-bond acceptors (Lipinski definition) is 8. The van der Waals surface area contributed by atoms with Crippen molar-refractivity contribution in [2.75, 3.05) is 39.9 Å². The molecule has 0 aromatic heterocycles. The lowest BCUT2D eigenvalue weighted by molar-refractivity contribution is -0.148. The summed E-state index contributed by atoms with van der Waals surface area (Å²) in [5.41, 5.74) is 0.427. The van der Waals surface area contributed by atoms with Gasteiger partial charge in [0, 0.05) is 51.3 Å². The highest BCUT2D eigenvalue weighted by Crippen LogP contribution is 2.33. The van der Waals surface area contributed by atoms with E-state index in [0.717, 1.165) is 10.5 Å². The molecular formula is C36H48FN5O7. The zero-order valence-corrected chi connectivity index (χ0v) is 29.1. The van der Waals surface area contributed by atoms with E-state index in [1.165, 1.54) is 43.1 Å². The first kappa shape index (κ1) is 36.1. The molecule has 3 heterocycles. The third-order valence-corrected chi connectivity index (χ3v) is 9.32. The van der Waals surface area contributed by atoms with E-state index in [-0.39, 0.29) is 37.2 Å². The van der Waals surface area contributed by atoms with Crippen molar-refractivity contribution in [3.8, 4) is 5.75 Å². The number of carbonyl (C=O) groups is 4. The fourth-order valence-corrected chi connectivity index (χ4v) is 6.65. The van der Waals surface area contributed by atoms with Crippen LogP contribution in [0.4, 0.5) is 9.18 Å². The molecule has 2 fully saturated rings. The Morgan fingerprint density at radius 1 is 1.06 bits per heavy atom. The maximum Gasteiger partial charge on any atom is 0.410 e. The molecule has 2 saturated heterocycles. The average Bonchev–Trinajstić information content (AvgIpc) is 3.47. The quantitative estimate of drug-likeness (QED) is 0.411. The molecular weight excluding hydrogens is 633 g/mol. The van der Waals surface area contributed by atoms with E-state index in [1.54, 1.807) is 20.8 Å². The van der Waals surface area contributed by atoms with Crippen LogP contribution in [-0.2, 0) is 23.9 Å². The van der Waals surface area contributed by atoms with Gasteiger partial charge in [0.2, 0.25) is 11.8 Å². The Morgan fingerprint density at radius 3 is 2.47 bits per heavy atom. The van der Waals surface area contributed by atoms with Crippen molar-refractivity contribution in [1.29, 1.82) is 0 Å². The lowest BCUT2D eigenvalue weighted by atomic mass is 9.98. The van der Waals surface area contributed by atoms with E-state index in [2.05, 4.69) is 15.5 Å². The molecule has 13 heteroatoms. The fourth-order valence-electron chi connectivity index (χ4n) is 6.65. The number of hydrogen-bond donors (Lipinski definition) is 2. The number of piperazine rings is 1. The van der Waals surface area contributed by atoms with Crippen LogP contribution in [0.5, 0.6) is 5.75 Å². The van der Waals surface area contributed by atoms with Crippen LogP contribution in [-0.4, -0.2) is 108 Å². The van der Waals surface area contributed by atoms with Gasteiger partial charge in [-0.25, -0.2) is 9.18 Å². The minimum absolute atomic E-state index is 0.0343. The first-order valence-electron chi connectivity index (χ1n) is 17.0. The van der Waals surface area contributed by atoms with Gasteiger partial charge in [-0.15, -0.1) is 0 Å². The van der Waals surface area contributed by atoms with Crippen LogP contribution in [0.25, 0.3) is 0 Å². The van der Waals surface area contributed by atoms with Gasteiger partial charge in [-0.3, -0.25) is 24.2 Å². The summed E-state index contributed by atoms with van der Waals surface area (Å²) in [6.45, 7) is 10.8. The van der Waals surface area contributed by atoms with E-state index >= 15 is 0 Å². The second-order valence-corrected chi connectivity index (χ2v) is 13.9. The lowest BCUT2D eigenvalue weighted by Gasteiger charge is -2.44. The molecule has 0 unspecified atom stereocenters. The van der Waals surface area contributed by atoms with Gasteiger partial charge in [0.1, 0.15) is 35.3 Å². The highest BCUT2D eigenvalue weighted by atomic mass is 19.1. The van der Waals surface area contributed by atoms with Crippen molar-refractivity contribution in [2.45, 2.75) is 89.4 Å². The zero-order valence-electron chi connectivity index (χ0n) is 29.1. The number of fused-ring (bicyclic) bond motifs is 2. The molecule has 6 atom stereocenters. The zero-order chi connectivity index (χ0) is 35.5. The van der Waals surface area contributed by atoms with E-state index in [4.69, 9.17) is 14.2 Å². The third-order valence-electron chi connectivity index (χ3n) is 9.32. The maximum absolute atomic E-state index is 14.7. The van der Waals surface area contributed by atoms with Gasteiger partial charge >= 0.3 is 6.09 Å². The van der Waals surface area contributed by atoms with Gasteiger partial charge in [-0.1, -0.05) is 30.3 Å². The second-order valence-electron chi connectivity index (χ2n) is 13.9. The SMILES string of the molecule is CCO[C@@H]1C[C@@H]2CN(C(=O)[C@@H](NC(=O)[C@H](C)N(C)C(=O)OC(C)(C)C)c3ccc(F)cc3)[C@H](C(=O)N[C@@H]3CCOc4ccccc43)CN2C1. The van der Waals surface area contributed by atoms with Crippen LogP contribution >= 0.6 is 0 Å². The van der Waals surface area contributed by atoms with E-state index in [1.807, 2.05) is 31.2 Å². The van der Waals surface area contributed by atoms with Crippen LogP contribution in [0.2, 0.25) is 0 Å². The lowest BCUT2D eigenvalue weighted by Crippen LogP contribution is -2.64. The summed E-state index contributed by atoms with van der Waals surface area (Å²) in [4.78, 5) is 60.2. The van der Waals surface area contributed by atoms with Gasteiger partial charge < -0.3 is 29.7 Å². The molecule has 3 aliphatic heterocycles. The number of halogens is 1. The minimum atomic E-state index is -1.27. The summed E-state index contributed by atoms with van der Waals surface area (Å²) in [7, 11) is 1.44. The molecule has 5 rings (SSSR count). The highest BCUT2D eigenvalue weighted by Gasteiger charge is 2.47. The largest absolute Gasteiger partial charge is 0.493 e. The molecule has 4 amide bonds. The summed E-state index contributed by atoms with van der Waals surface area (Å²) >= 11 is 0. The minimum Gasteiger partial charge on any atom is -0.493 e. The highest BCUT2D eigenvalue weighted by molar-refractivity contribution is 5.94. The van der Waals surface area contributed by atoms with Crippen molar-refractivity contribution in [2.24, 2.45) is 0 Å². The van der Waals surface area contributed by atoms with Crippen molar-refractivity contribution in [3.05, 3.63) is 65.5 Å². The Morgan fingerprint density at radius 2 is 1.78 bits per heavy atom. The van der Waals surface area contributed by atoms with Crippen LogP contribution < -0.4 is 15.4 Å². The smallest absolute Gasteiger partial charge is 0.410 e. The summed E-state index contributed by atoms with van der Waals surface area (Å²) in [6, 6.07) is 9.32. The van der Waals surface area contributed by atoms with Gasteiger partial charge in [0.15, 0.2) is 0 Å². The summed E-state index contributed by atoms with van der Waals surface area (Å²) in [5, 5.41) is 5.97. The third kappa shape index (κ3) is 8.50. The number of benzene rings is 2. The van der Waals surface area contributed by atoms with Crippen molar-refractivity contribution in [1.82, 2.24) is 25.3 Å². The Balaban J connectivity index is 1.43. The normalized spacial score (nSPS) is 23.3. The van der Waals surface area contributed by atoms with Gasteiger partial charge in [0.05, 0.1) is 18.8 Å². The molecule has 0 saturated carbocycles. The van der Waals surface area contributed by atoms with Crippen molar-refractivity contribution < 1.29 is 37.8 Å². The number of para-hydroxylation sites is 1. The fraction of sp³-hybridized carbons (Fsp3) is 0.556. The van der Waals surface area contributed by atoms with Gasteiger partial charge in [-0.05, 0) is 64.8 Å². The van der Waals surface area contributed by atoms with Crippen LogP contribution in [0.3, 0.4) is 0 Å². The predicted octanol–water partition coefficient (Wildman–Crippen LogP) is 3.57. The molecule has 2 N–H and O–H groups in total. The molecule has 0 spiro atoms. The molecule has 2 aromatic carbocycles. The van der Waals surface area contributed by atoms with E-state index in [9.17, 15) is 23.6 Å². The van der Waals surface area contributed by atoms with E-state index < -0.39 is 47.5 Å². The number of rotatable bonds is 9. The van der Waals surface area contributed by atoms with Crippen LogP contribution in [0.15, 0.2) is 48.5 Å². The monoisotopic (exact) mass is 681 g/mol. The average molecular weight is 682 g/mol. The standard InChI is InChI=1S/C36H48FN5O7/c1-7-47-26-18-25-19-42(29(21-41(25)20-26)33(44)38-28-16-17-48-30-11-9-8-10-27(28)30)34(45)31(23-12-14-24(37)15-13-23)39-32(43)22(2)40(6)35(46)49-36(3,4)5/h8-15,22,25-26,28-29,31H,7,16-21H2,1-6H3,(H,38,44)(H,39,43)/t22-,25+,26+,28+,29-,31-/m0/s1. The molecule has 0 bridgehead atoms. The number of amides is 4. The number of ether oxygens (including phenoxy) is 3. The Hall–Kier alpha value is -4.23. The molecule has 0 radical (unpaired) electrons. The van der Waals surface area contributed by atoms with Crippen molar-refractivity contribution >= 4 is 23.8 Å². The predicted molar refractivity (Wildman–Crippen MR) is 179 cm³/mol. The maximum atomic E-state index is 14.7. The number of carbonyl (C=O) groups excluding carboxylic acids is 4. The summed E-state index contributed by atoms with van der Waals surface area (Å²) in [5.74, 6) is -1.25. The number of nitrogens with one attached hydrogen (secondary N) is 2. The molecule has 12 nitrogen and oxygen atoms in total. The number of likely N-dealkylation sites (N-methyl/N-ethyl adjacent to an activating group) is 1. The Kier molecular flexibility index (Phi) is 11.1. The molecule has 3 aliphatic rings. The first-order valence-corrected chi connectivity index (χ1v) is 17.0. The Bertz CT molecular complexity index is 1520. The summed E-state index contributed by atoms with van der Waals surface area (Å²) < 4.78 is 31.2. The number of nitrogens with zero attached hydrogens (tertiary/aromatic N) is 3. The Labute approximate surface area is 287 Å². The van der Waals surface area contributed by atoms with Gasteiger partial charge in [-0.2, -0.15) is 0 Å². The van der Waals surface area contributed by atoms with E-state index in [0.29, 0.717) is 43.9 Å². The van der Waals surface area contributed by atoms with Crippen LogP contribution in [0, 0.1) is 5.82 Å². The molecule has 49 heavy (non-hydrogen) atoms. The molecule has 2 aromatic rings. The van der Waals surface area contributed by atoms with Crippen molar-refractivity contribution in [3.63, 3.8) is 0 Å². The molecule has 0 aliphatic carbocycles. The topological polar surface area (TPSA) is 130 Å². The first-order chi connectivity index (χ1) is 23.3. The van der Waals surface area contributed by atoms with Gasteiger partial charge in [0.25, 0.3) is 5.91 Å². The van der Waals surface area contributed by atoms with Crippen LogP contribution in [0.1, 0.15) is 70.7 Å².